The number of anilines is 1. The third kappa shape index (κ3) is 5.21. The molecule has 21 heavy (non-hydrogen) atoms. The molecule has 0 aliphatic carbocycles. The van der Waals surface area contributed by atoms with Crippen molar-refractivity contribution in [3.8, 4) is 5.75 Å². The quantitative estimate of drug-likeness (QED) is 0.735. The van der Waals surface area contributed by atoms with E-state index in [0.717, 1.165) is 37.4 Å². The second kappa shape index (κ2) is 8.90. The van der Waals surface area contributed by atoms with Crippen LogP contribution in [0.2, 0.25) is 0 Å². The van der Waals surface area contributed by atoms with Crippen molar-refractivity contribution < 1.29 is 9.84 Å². The van der Waals surface area contributed by atoms with Crippen molar-refractivity contribution in [1.29, 1.82) is 0 Å². The summed E-state index contributed by atoms with van der Waals surface area (Å²) in [6.07, 6.45) is 1.58. The fraction of sp³-hybridized carbons (Fsp3) is 0.647. The van der Waals surface area contributed by atoms with Crippen LogP contribution in [0.3, 0.4) is 0 Å². The molecular weight excluding hydrogens is 264 g/mol. The number of rotatable bonds is 9. The van der Waals surface area contributed by atoms with Crippen molar-refractivity contribution in [3.05, 3.63) is 23.8 Å². The van der Waals surface area contributed by atoms with Crippen LogP contribution in [0.4, 0.5) is 5.69 Å². The highest BCUT2D eigenvalue weighted by Crippen LogP contribution is 2.34. The molecule has 0 heterocycles. The molecule has 0 spiro atoms. The number of hydrogen-bond acceptors (Lipinski definition) is 4. The van der Waals surface area contributed by atoms with E-state index in [1.807, 2.05) is 19.1 Å². The molecule has 2 N–H and O–H groups in total. The molecule has 2 unspecified atom stereocenters. The minimum atomic E-state index is -0.280. The molecule has 0 saturated carbocycles. The minimum Gasteiger partial charge on any atom is -0.496 e. The van der Waals surface area contributed by atoms with Crippen LogP contribution < -0.4 is 15.0 Å². The molecule has 4 nitrogen and oxygen atoms in total. The van der Waals surface area contributed by atoms with E-state index in [2.05, 4.69) is 37.2 Å². The summed E-state index contributed by atoms with van der Waals surface area (Å²) >= 11 is 0. The van der Waals surface area contributed by atoms with Crippen LogP contribution in [-0.2, 0) is 0 Å². The number of methoxy groups -OCH3 is 1. The molecule has 120 valence electrons. The Morgan fingerprint density at radius 1 is 1.33 bits per heavy atom. The van der Waals surface area contributed by atoms with E-state index in [0.29, 0.717) is 0 Å². The normalized spacial score (nSPS) is 13.8. The molecule has 1 aromatic rings. The summed E-state index contributed by atoms with van der Waals surface area (Å²) in [6, 6.07) is 6.36. The molecule has 1 rings (SSSR count). The van der Waals surface area contributed by atoms with Gasteiger partial charge in [0.2, 0.25) is 0 Å². The molecule has 0 saturated heterocycles. The van der Waals surface area contributed by atoms with Crippen molar-refractivity contribution in [2.24, 2.45) is 0 Å². The second-order valence-corrected chi connectivity index (χ2v) is 5.63. The highest BCUT2D eigenvalue weighted by atomic mass is 16.5. The molecular formula is C17H30N2O2. The van der Waals surface area contributed by atoms with Gasteiger partial charge in [-0.05, 0) is 45.4 Å². The van der Waals surface area contributed by atoms with Gasteiger partial charge in [0.25, 0.3) is 0 Å². The average Bonchev–Trinajstić information content (AvgIpc) is 2.49. The average molecular weight is 294 g/mol. The monoisotopic (exact) mass is 294 g/mol. The lowest BCUT2D eigenvalue weighted by atomic mass is 10.0. The summed E-state index contributed by atoms with van der Waals surface area (Å²) < 4.78 is 5.55. The number of aliphatic hydroxyl groups excluding tert-OH is 1. The Labute approximate surface area is 129 Å². The van der Waals surface area contributed by atoms with Crippen LogP contribution in [0.15, 0.2) is 18.2 Å². The standard InChI is InChI=1S/C17H30N2O2/c1-6-11-18-14(3)17-15(8-7-9-16(17)21-5)19(4)12-10-13(2)20/h7-9,13-14,18,20H,6,10-12H2,1-5H3. The van der Waals surface area contributed by atoms with Gasteiger partial charge in [-0.25, -0.2) is 0 Å². The second-order valence-electron chi connectivity index (χ2n) is 5.63. The maximum Gasteiger partial charge on any atom is 0.125 e. The van der Waals surface area contributed by atoms with Crippen LogP contribution in [0, 0.1) is 0 Å². The van der Waals surface area contributed by atoms with E-state index < -0.39 is 0 Å². The predicted molar refractivity (Wildman–Crippen MR) is 89.3 cm³/mol. The number of nitrogens with one attached hydrogen (secondary N) is 1. The highest BCUT2D eigenvalue weighted by molar-refractivity contribution is 5.60. The van der Waals surface area contributed by atoms with E-state index >= 15 is 0 Å². The maximum absolute atomic E-state index is 9.48. The Hall–Kier alpha value is -1.26. The fourth-order valence-electron chi connectivity index (χ4n) is 2.44. The Bertz CT molecular complexity index is 421. The molecule has 4 heteroatoms. The molecule has 0 amide bonds. The Morgan fingerprint density at radius 2 is 2.05 bits per heavy atom. The summed E-state index contributed by atoms with van der Waals surface area (Å²) in [7, 11) is 3.78. The molecule has 1 aromatic carbocycles. The number of ether oxygens (including phenoxy) is 1. The smallest absolute Gasteiger partial charge is 0.125 e. The van der Waals surface area contributed by atoms with Crippen molar-refractivity contribution in [3.63, 3.8) is 0 Å². The van der Waals surface area contributed by atoms with Crippen molar-refractivity contribution in [2.75, 3.05) is 32.1 Å². The first-order valence-electron chi connectivity index (χ1n) is 7.80. The first-order valence-corrected chi connectivity index (χ1v) is 7.80. The number of hydrogen-bond donors (Lipinski definition) is 2. The van der Waals surface area contributed by atoms with E-state index in [-0.39, 0.29) is 12.1 Å². The van der Waals surface area contributed by atoms with Gasteiger partial charge in [0.05, 0.1) is 13.2 Å². The van der Waals surface area contributed by atoms with Gasteiger partial charge in [0, 0.05) is 30.9 Å². The topological polar surface area (TPSA) is 44.7 Å². The Kier molecular flexibility index (Phi) is 7.54. The predicted octanol–water partition coefficient (Wildman–Crippen LogP) is 2.96. The van der Waals surface area contributed by atoms with Gasteiger partial charge in [-0.2, -0.15) is 0 Å². The van der Waals surface area contributed by atoms with Crippen LogP contribution in [0.25, 0.3) is 0 Å². The zero-order valence-electron chi connectivity index (χ0n) is 14.0. The van der Waals surface area contributed by atoms with Crippen LogP contribution >= 0.6 is 0 Å². The van der Waals surface area contributed by atoms with Gasteiger partial charge in [0.15, 0.2) is 0 Å². The molecule has 0 radical (unpaired) electrons. The fourth-order valence-corrected chi connectivity index (χ4v) is 2.44. The van der Waals surface area contributed by atoms with E-state index in [4.69, 9.17) is 4.74 Å². The van der Waals surface area contributed by atoms with Gasteiger partial charge in [-0.3, -0.25) is 0 Å². The number of benzene rings is 1. The van der Waals surface area contributed by atoms with E-state index in [1.54, 1.807) is 7.11 Å². The molecule has 0 aliphatic rings. The van der Waals surface area contributed by atoms with Gasteiger partial charge in [-0.1, -0.05) is 13.0 Å². The summed E-state index contributed by atoms with van der Waals surface area (Å²) in [5.41, 5.74) is 2.34. The Morgan fingerprint density at radius 3 is 2.62 bits per heavy atom. The van der Waals surface area contributed by atoms with E-state index in [9.17, 15) is 5.11 Å². The lowest BCUT2D eigenvalue weighted by Crippen LogP contribution is -2.26. The SMILES string of the molecule is CCCNC(C)c1c(OC)cccc1N(C)CCC(C)O. The third-order valence-corrected chi connectivity index (χ3v) is 3.69. The third-order valence-electron chi connectivity index (χ3n) is 3.69. The summed E-state index contributed by atoms with van der Waals surface area (Å²) in [6.45, 7) is 7.96. The minimum absolute atomic E-state index is 0.227. The van der Waals surface area contributed by atoms with Gasteiger partial charge in [-0.15, -0.1) is 0 Å². The maximum atomic E-state index is 9.48. The first-order chi connectivity index (χ1) is 10.0. The van der Waals surface area contributed by atoms with Crippen LogP contribution in [0.5, 0.6) is 5.75 Å². The van der Waals surface area contributed by atoms with Crippen molar-refractivity contribution in [2.45, 2.75) is 45.8 Å². The zero-order valence-corrected chi connectivity index (χ0v) is 14.0. The highest BCUT2D eigenvalue weighted by Gasteiger charge is 2.18. The molecule has 0 bridgehead atoms. The van der Waals surface area contributed by atoms with E-state index in [1.165, 1.54) is 5.56 Å². The van der Waals surface area contributed by atoms with Gasteiger partial charge in [0.1, 0.15) is 5.75 Å². The lowest BCUT2D eigenvalue weighted by Gasteiger charge is -2.27. The molecule has 0 aliphatic heterocycles. The van der Waals surface area contributed by atoms with Gasteiger partial charge >= 0.3 is 0 Å². The summed E-state index contributed by atoms with van der Waals surface area (Å²) in [5.74, 6) is 0.910. The van der Waals surface area contributed by atoms with Crippen LogP contribution in [-0.4, -0.2) is 38.5 Å². The largest absolute Gasteiger partial charge is 0.496 e. The van der Waals surface area contributed by atoms with Crippen molar-refractivity contribution >= 4 is 5.69 Å². The molecule has 2 atom stereocenters. The van der Waals surface area contributed by atoms with Crippen LogP contribution in [0.1, 0.15) is 45.2 Å². The molecule has 0 fully saturated rings. The molecule has 0 aromatic heterocycles. The van der Waals surface area contributed by atoms with Gasteiger partial charge < -0.3 is 20.1 Å². The zero-order chi connectivity index (χ0) is 15.8. The Balaban J connectivity index is 3.01. The first kappa shape index (κ1) is 17.8. The number of nitrogens with zero attached hydrogens (tertiary/aromatic N) is 1. The lowest BCUT2D eigenvalue weighted by molar-refractivity contribution is 0.187. The number of aliphatic hydroxyl groups is 1. The summed E-state index contributed by atoms with van der Waals surface area (Å²) in [4.78, 5) is 2.19. The summed E-state index contributed by atoms with van der Waals surface area (Å²) in [5, 5.41) is 13.0. The van der Waals surface area contributed by atoms with Crippen molar-refractivity contribution in [1.82, 2.24) is 5.32 Å².